The van der Waals surface area contributed by atoms with Gasteiger partial charge in [-0.3, -0.25) is 9.97 Å². The number of fused-ring (bicyclic) bond motifs is 5. The van der Waals surface area contributed by atoms with E-state index in [1.165, 1.54) is 11.1 Å². The van der Waals surface area contributed by atoms with Crippen molar-refractivity contribution in [2.24, 2.45) is 0 Å². The Bertz CT molecular complexity index is 854. The Labute approximate surface area is 166 Å². The second-order valence-corrected chi connectivity index (χ2v) is 5.52. The molecule has 3 aromatic rings. The van der Waals surface area contributed by atoms with Crippen molar-refractivity contribution < 1.29 is 25.1 Å². The summed E-state index contributed by atoms with van der Waals surface area (Å²) in [5.74, 6) is 0.369. The summed E-state index contributed by atoms with van der Waals surface area (Å²) in [5.41, 5.74) is 4.75. The molecule has 0 spiro atoms. The van der Waals surface area contributed by atoms with Crippen LogP contribution in [0.15, 0.2) is 79.3 Å². The molecule has 0 saturated carbocycles. The number of rotatable bonds is 0. The number of nitrogens with zero attached hydrogens (tertiary/aromatic N) is 3. The first-order valence-electron chi connectivity index (χ1n) is 7.92. The number of hydrogen-bond donors (Lipinski definition) is 0. The van der Waals surface area contributed by atoms with Crippen molar-refractivity contribution in [1.82, 2.24) is 9.97 Å². The van der Waals surface area contributed by atoms with Gasteiger partial charge in [0.1, 0.15) is 0 Å². The average molecular weight is 513 g/mol. The molecule has 1 aromatic carbocycles. The first-order chi connectivity index (χ1) is 12.4. The number of pyridine rings is 2. The van der Waals surface area contributed by atoms with E-state index < -0.39 is 0 Å². The minimum absolute atomic E-state index is 0. The van der Waals surface area contributed by atoms with Crippen LogP contribution in [-0.2, 0) is 25.1 Å². The van der Waals surface area contributed by atoms with Gasteiger partial charge in [-0.15, -0.1) is 5.69 Å². The molecule has 26 heavy (non-hydrogen) atoms. The molecule has 0 saturated heterocycles. The third kappa shape index (κ3) is 4.16. The van der Waals surface area contributed by atoms with Crippen molar-refractivity contribution in [1.29, 1.82) is 0 Å². The van der Waals surface area contributed by atoms with Gasteiger partial charge in [-0.2, -0.15) is 0 Å². The van der Waals surface area contributed by atoms with Gasteiger partial charge in [-0.05, 0) is 29.7 Å². The SMILES string of the molecule is C1=CC2c3ccccc3[N-]C2c2ncccc21.[C-]#[O+].[Re].c1ccncc1. The van der Waals surface area contributed by atoms with Crippen LogP contribution >= 0.6 is 0 Å². The molecular weight excluding hydrogens is 496 g/mol. The standard InChI is InChI=1S/C15H11N2.C5H5N.CO.Re/c1-2-6-13-11(5-1)12-8-7-10-4-3-9-16-14(10)15(12)17-13;1-2-4-6-5-3-1;1-2;/h1-9,12,15H;1-5H;;/q-1;;;. The van der Waals surface area contributed by atoms with E-state index >= 15 is 0 Å². The van der Waals surface area contributed by atoms with Crippen molar-refractivity contribution in [3.8, 4) is 0 Å². The summed E-state index contributed by atoms with van der Waals surface area (Å²) in [7, 11) is 0. The molecule has 1 aliphatic carbocycles. The largest absolute Gasteiger partial charge is 0.265 e. The predicted octanol–water partition coefficient (Wildman–Crippen LogP) is 4.99. The summed E-state index contributed by atoms with van der Waals surface area (Å²) >= 11 is 0. The summed E-state index contributed by atoms with van der Waals surface area (Å²) in [6.45, 7) is 4.50. The maximum atomic E-state index is 7.50. The summed E-state index contributed by atoms with van der Waals surface area (Å²) in [4.78, 5) is 8.28. The van der Waals surface area contributed by atoms with Crippen LogP contribution in [0.1, 0.15) is 28.8 Å². The third-order valence-corrected chi connectivity index (χ3v) is 4.12. The van der Waals surface area contributed by atoms with Crippen LogP contribution in [0.5, 0.6) is 0 Å². The first-order valence-corrected chi connectivity index (χ1v) is 7.92. The van der Waals surface area contributed by atoms with Crippen LogP contribution in [0.4, 0.5) is 5.69 Å². The molecule has 0 fully saturated rings. The molecule has 2 atom stereocenters. The maximum absolute atomic E-state index is 7.50. The molecule has 2 aliphatic rings. The summed E-state index contributed by atoms with van der Waals surface area (Å²) in [6, 6.07) is 18.4. The monoisotopic (exact) mass is 513 g/mol. The van der Waals surface area contributed by atoms with Crippen molar-refractivity contribution in [3.63, 3.8) is 0 Å². The molecule has 5 rings (SSSR count). The summed E-state index contributed by atoms with van der Waals surface area (Å²) < 4.78 is 7.50. The molecule has 0 bridgehead atoms. The molecule has 3 heterocycles. The van der Waals surface area contributed by atoms with Gasteiger partial charge in [0.25, 0.3) is 0 Å². The van der Waals surface area contributed by atoms with Gasteiger partial charge in [0.15, 0.2) is 0 Å². The molecular formula is C21H16N3ORe-. The quantitative estimate of drug-likeness (QED) is 0.315. The van der Waals surface area contributed by atoms with Crippen LogP contribution in [0.25, 0.3) is 11.4 Å². The Hall–Kier alpha value is -2.54. The van der Waals surface area contributed by atoms with Crippen molar-refractivity contribution >= 4 is 11.8 Å². The van der Waals surface area contributed by atoms with Gasteiger partial charge in [0.05, 0.1) is 0 Å². The van der Waals surface area contributed by atoms with E-state index in [1.807, 2.05) is 36.5 Å². The molecule has 2 aromatic heterocycles. The normalized spacial score (nSPS) is 17.3. The number of hydrogen-bond acceptors (Lipinski definition) is 2. The van der Waals surface area contributed by atoms with Crippen LogP contribution in [0, 0.1) is 6.65 Å². The van der Waals surface area contributed by atoms with Crippen LogP contribution in [0.2, 0.25) is 0 Å². The second kappa shape index (κ2) is 9.82. The number of para-hydroxylation sites is 1. The van der Waals surface area contributed by atoms with Gasteiger partial charge in [-0.25, -0.2) is 0 Å². The Morgan fingerprint density at radius 2 is 1.65 bits per heavy atom. The van der Waals surface area contributed by atoms with E-state index in [0.29, 0.717) is 5.92 Å². The minimum atomic E-state index is 0. The molecule has 2 unspecified atom stereocenters. The fourth-order valence-electron chi connectivity index (χ4n) is 3.07. The number of aromatic nitrogens is 2. The first kappa shape index (κ1) is 19.8. The van der Waals surface area contributed by atoms with Crippen LogP contribution in [-0.4, -0.2) is 9.97 Å². The van der Waals surface area contributed by atoms with E-state index in [0.717, 1.165) is 11.4 Å². The van der Waals surface area contributed by atoms with E-state index in [4.69, 9.17) is 9.97 Å². The Balaban J connectivity index is 0.000000231. The average Bonchev–Trinajstić information content (AvgIpc) is 3.11. The maximum Gasteiger partial charge on any atom is 0.0267 e. The number of benzene rings is 1. The van der Waals surface area contributed by atoms with Gasteiger partial charge >= 0.3 is 11.3 Å². The summed E-state index contributed by atoms with van der Waals surface area (Å²) in [6.07, 6.45) is 9.78. The van der Waals surface area contributed by atoms with E-state index in [9.17, 15) is 0 Å². The fraction of sp³-hybridized carbons (Fsp3) is 0.0952. The van der Waals surface area contributed by atoms with Gasteiger partial charge in [0.2, 0.25) is 0 Å². The van der Waals surface area contributed by atoms with E-state index in [-0.39, 0.29) is 26.5 Å². The zero-order chi connectivity index (χ0) is 17.5. The van der Waals surface area contributed by atoms with Crippen LogP contribution < -0.4 is 0 Å². The Kier molecular flexibility index (Phi) is 7.47. The third-order valence-electron chi connectivity index (χ3n) is 4.12. The zero-order valence-electron chi connectivity index (χ0n) is 13.9. The smallest absolute Gasteiger partial charge is 0.0267 e. The van der Waals surface area contributed by atoms with Crippen molar-refractivity contribution in [3.05, 3.63) is 108 Å². The summed E-state index contributed by atoms with van der Waals surface area (Å²) in [5, 5.41) is 4.80. The molecule has 1 radical (unpaired) electrons. The molecule has 0 N–H and O–H groups in total. The molecule has 5 heteroatoms. The van der Waals surface area contributed by atoms with Crippen molar-refractivity contribution in [2.75, 3.05) is 0 Å². The van der Waals surface area contributed by atoms with E-state index in [2.05, 4.69) is 53.0 Å². The van der Waals surface area contributed by atoms with Gasteiger partial charge in [-0.1, -0.05) is 60.2 Å². The second-order valence-electron chi connectivity index (χ2n) is 5.52. The topological polar surface area (TPSA) is 59.8 Å². The zero-order valence-corrected chi connectivity index (χ0v) is 16.6. The Morgan fingerprint density at radius 3 is 2.35 bits per heavy atom. The fourth-order valence-corrected chi connectivity index (χ4v) is 3.07. The van der Waals surface area contributed by atoms with Gasteiger partial charge in [0, 0.05) is 44.7 Å². The van der Waals surface area contributed by atoms with Crippen molar-refractivity contribution in [2.45, 2.75) is 12.0 Å². The Morgan fingerprint density at radius 1 is 0.885 bits per heavy atom. The van der Waals surface area contributed by atoms with Gasteiger partial charge < -0.3 is 5.32 Å². The minimum Gasteiger partial charge on any atom is -0.265 e. The molecule has 4 nitrogen and oxygen atoms in total. The predicted molar refractivity (Wildman–Crippen MR) is 96.4 cm³/mol. The van der Waals surface area contributed by atoms with Crippen LogP contribution in [0.3, 0.4) is 0 Å². The van der Waals surface area contributed by atoms with E-state index in [1.54, 1.807) is 12.4 Å². The molecule has 1 aliphatic heterocycles. The molecule has 129 valence electrons. The molecule has 0 amide bonds.